The van der Waals surface area contributed by atoms with E-state index in [2.05, 4.69) is 0 Å². The topological polar surface area (TPSA) is 60.8 Å². The lowest BCUT2D eigenvalue weighted by Gasteiger charge is -2.23. The third-order valence-corrected chi connectivity index (χ3v) is 2.55. The van der Waals surface area contributed by atoms with Gasteiger partial charge in [-0.3, -0.25) is 9.69 Å². The van der Waals surface area contributed by atoms with E-state index in [1.807, 2.05) is 13.0 Å². The van der Waals surface area contributed by atoms with Crippen molar-refractivity contribution in [1.29, 1.82) is 0 Å². The Hall–Kier alpha value is -1.55. The Morgan fingerprint density at radius 3 is 2.69 bits per heavy atom. The van der Waals surface area contributed by atoms with Gasteiger partial charge in [0.2, 0.25) is 0 Å². The molecule has 4 heteroatoms. The first-order valence-corrected chi connectivity index (χ1v) is 5.25. The van der Waals surface area contributed by atoms with Crippen molar-refractivity contribution in [3.05, 3.63) is 29.8 Å². The molecule has 0 aliphatic heterocycles. The molecule has 0 aliphatic carbocycles. The Kier molecular flexibility index (Phi) is 4.31. The van der Waals surface area contributed by atoms with E-state index < -0.39 is 12.0 Å². The van der Waals surface area contributed by atoms with Gasteiger partial charge in [0, 0.05) is 6.54 Å². The average molecular weight is 223 g/mol. The maximum absolute atomic E-state index is 10.9. The predicted molar refractivity (Wildman–Crippen MR) is 61.3 cm³/mol. The largest absolute Gasteiger partial charge is 0.508 e. The Balaban J connectivity index is 2.69. The summed E-state index contributed by atoms with van der Waals surface area (Å²) in [6.45, 7) is 2.36. The molecule has 0 amide bonds. The van der Waals surface area contributed by atoms with Crippen LogP contribution in [0.1, 0.15) is 18.9 Å². The number of carboxylic acid groups (broad SMARTS) is 1. The van der Waals surface area contributed by atoms with Crippen molar-refractivity contribution in [3.8, 4) is 5.75 Å². The summed E-state index contributed by atoms with van der Waals surface area (Å²) >= 11 is 0. The number of carbonyl (C=O) groups is 1. The molecule has 1 unspecified atom stereocenters. The Labute approximate surface area is 95.1 Å². The standard InChI is InChI=1S/C12H17NO3/c1-3-11(12(15)16)13(2)8-9-5-4-6-10(14)7-9/h4-7,11,14H,3,8H2,1-2H3,(H,15,16). The smallest absolute Gasteiger partial charge is 0.320 e. The van der Waals surface area contributed by atoms with E-state index in [-0.39, 0.29) is 5.75 Å². The van der Waals surface area contributed by atoms with Crippen LogP contribution in [-0.4, -0.2) is 34.2 Å². The van der Waals surface area contributed by atoms with Crippen LogP contribution in [0, 0.1) is 0 Å². The highest BCUT2D eigenvalue weighted by atomic mass is 16.4. The molecule has 0 aliphatic rings. The fourth-order valence-corrected chi connectivity index (χ4v) is 1.73. The van der Waals surface area contributed by atoms with Crippen LogP contribution in [0.4, 0.5) is 0 Å². The molecule has 1 aromatic rings. The summed E-state index contributed by atoms with van der Waals surface area (Å²) in [4.78, 5) is 12.7. The molecule has 0 saturated heterocycles. The second kappa shape index (κ2) is 5.51. The molecular formula is C12H17NO3. The molecule has 2 N–H and O–H groups in total. The molecule has 0 aromatic heterocycles. The van der Waals surface area contributed by atoms with Crippen LogP contribution in [-0.2, 0) is 11.3 Å². The van der Waals surface area contributed by atoms with Gasteiger partial charge >= 0.3 is 5.97 Å². The van der Waals surface area contributed by atoms with E-state index in [1.165, 1.54) is 0 Å². The fourth-order valence-electron chi connectivity index (χ4n) is 1.73. The maximum atomic E-state index is 10.9. The number of phenols is 1. The molecule has 88 valence electrons. The molecule has 1 rings (SSSR count). The summed E-state index contributed by atoms with van der Waals surface area (Å²) in [5.74, 6) is -0.612. The highest BCUT2D eigenvalue weighted by molar-refractivity contribution is 5.73. The van der Waals surface area contributed by atoms with Crippen LogP contribution in [0.25, 0.3) is 0 Å². The van der Waals surface area contributed by atoms with Gasteiger partial charge in [-0.05, 0) is 31.2 Å². The Morgan fingerprint density at radius 2 is 2.19 bits per heavy atom. The molecule has 4 nitrogen and oxygen atoms in total. The van der Waals surface area contributed by atoms with Crippen molar-refractivity contribution < 1.29 is 15.0 Å². The van der Waals surface area contributed by atoms with Crippen LogP contribution in [0.3, 0.4) is 0 Å². The fraction of sp³-hybridized carbons (Fsp3) is 0.417. The van der Waals surface area contributed by atoms with Gasteiger partial charge in [-0.2, -0.15) is 0 Å². The van der Waals surface area contributed by atoms with Crippen molar-refractivity contribution in [2.75, 3.05) is 7.05 Å². The lowest BCUT2D eigenvalue weighted by molar-refractivity contribution is -0.143. The number of phenolic OH excluding ortho intramolecular Hbond substituents is 1. The van der Waals surface area contributed by atoms with Gasteiger partial charge in [0.15, 0.2) is 0 Å². The van der Waals surface area contributed by atoms with Gasteiger partial charge in [-0.1, -0.05) is 19.1 Å². The van der Waals surface area contributed by atoms with E-state index in [0.717, 1.165) is 5.56 Å². The van der Waals surface area contributed by atoms with Gasteiger partial charge in [0.1, 0.15) is 11.8 Å². The van der Waals surface area contributed by atoms with E-state index in [4.69, 9.17) is 5.11 Å². The number of likely N-dealkylation sites (N-methyl/N-ethyl adjacent to an activating group) is 1. The minimum Gasteiger partial charge on any atom is -0.508 e. The van der Waals surface area contributed by atoms with Crippen LogP contribution in [0.2, 0.25) is 0 Å². The highest BCUT2D eigenvalue weighted by Gasteiger charge is 2.20. The number of aromatic hydroxyl groups is 1. The molecule has 0 heterocycles. The minimum atomic E-state index is -0.815. The second-order valence-electron chi connectivity index (χ2n) is 3.85. The van der Waals surface area contributed by atoms with E-state index >= 15 is 0 Å². The van der Waals surface area contributed by atoms with Crippen LogP contribution in [0.5, 0.6) is 5.75 Å². The lowest BCUT2D eigenvalue weighted by Crippen LogP contribution is -2.37. The summed E-state index contributed by atoms with van der Waals surface area (Å²) in [7, 11) is 1.77. The number of benzene rings is 1. The zero-order chi connectivity index (χ0) is 12.1. The van der Waals surface area contributed by atoms with Crippen molar-refractivity contribution in [3.63, 3.8) is 0 Å². The zero-order valence-corrected chi connectivity index (χ0v) is 9.55. The Bertz CT molecular complexity index is 365. The van der Waals surface area contributed by atoms with Gasteiger partial charge in [-0.15, -0.1) is 0 Å². The van der Waals surface area contributed by atoms with E-state index in [1.54, 1.807) is 30.1 Å². The first-order valence-electron chi connectivity index (χ1n) is 5.25. The molecule has 0 bridgehead atoms. The van der Waals surface area contributed by atoms with Crippen LogP contribution in [0.15, 0.2) is 24.3 Å². The quantitative estimate of drug-likeness (QED) is 0.797. The number of nitrogens with zero attached hydrogens (tertiary/aromatic N) is 1. The third kappa shape index (κ3) is 3.24. The first kappa shape index (κ1) is 12.5. The summed E-state index contributed by atoms with van der Waals surface area (Å²) < 4.78 is 0. The molecule has 0 spiro atoms. The van der Waals surface area contributed by atoms with E-state index in [0.29, 0.717) is 13.0 Å². The van der Waals surface area contributed by atoms with Crippen molar-refractivity contribution in [2.24, 2.45) is 0 Å². The predicted octanol–water partition coefficient (Wildman–Crippen LogP) is 1.69. The monoisotopic (exact) mass is 223 g/mol. The van der Waals surface area contributed by atoms with Gasteiger partial charge in [-0.25, -0.2) is 0 Å². The summed E-state index contributed by atoms with van der Waals surface area (Å²) in [5, 5.41) is 18.3. The van der Waals surface area contributed by atoms with Crippen LogP contribution < -0.4 is 0 Å². The molecule has 0 radical (unpaired) electrons. The maximum Gasteiger partial charge on any atom is 0.320 e. The normalized spacial score (nSPS) is 12.7. The minimum absolute atomic E-state index is 0.203. The number of hydrogen-bond donors (Lipinski definition) is 2. The molecule has 16 heavy (non-hydrogen) atoms. The Morgan fingerprint density at radius 1 is 1.50 bits per heavy atom. The van der Waals surface area contributed by atoms with Crippen molar-refractivity contribution in [2.45, 2.75) is 25.9 Å². The molecule has 0 fully saturated rings. The third-order valence-electron chi connectivity index (χ3n) is 2.55. The first-order chi connectivity index (χ1) is 7.54. The molecule has 1 atom stereocenters. The SMILES string of the molecule is CCC(C(=O)O)N(C)Cc1cccc(O)c1. The number of aliphatic carboxylic acids is 1. The molecule has 0 saturated carbocycles. The van der Waals surface area contributed by atoms with Gasteiger partial charge in [0.25, 0.3) is 0 Å². The number of rotatable bonds is 5. The highest BCUT2D eigenvalue weighted by Crippen LogP contribution is 2.14. The van der Waals surface area contributed by atoms with Crippen molar-refractivity contribution >= 4 is 5.97 Å². The van der Waals surface area contributed by atoms with Crippen molar-refractivity contribution in [1.82, 2.24) is 4.90 Å². The summed E-state index contributed by atoms with van der Waals surface area (Å²) in [6.07, 6.45) is 0.560. The van der Waals surface area contributed by atoms with Gasteiger partial charge in [0.05, 0.1) is 0 Å². The molecule has 1 aromatic carbocycles. The van der Waals surface area contributed by atoms with E-state index in [9.17, 15) is 9.90 Å². The van der Waals surface area contributed by atoms with Gasteiger partial charge < -0.3 is 10.2 Å². The second-order valence-corrected chi connectivity index (χ2v) is 3.85. The zero-order valence-electron chi connectivity index (χ0n) is 9.55. The van der Waals surface area contributed by atoms with Crippen LogP contribution >= 0.6 is 0 Å². The number of carboxylic acids is 1. The summed E-state index contributed by atoms with van der Waals surface area (Å²) in [6, 6.07) is 6.37. The average Bonchev–Trinajstić information content (AvgIpc) is 2.17. The summed E-state index contributed by atoms with van der Waals surface area (Å²) in [5.41, 5.74) is 0.905. The lowest BCUT2D eigenvalue weighted by atomic mass is 10.1. The molecular weight excluding hydrogens is 206 g/mol. The number of hydrogen-bond acceptors (Lipinski definition) is 3.